The fourth-order valence-electron chi connectivity index (χ4n) is 1.66. The van der Waals surface area contributed by atoms with Gasteiger partial charge in [-0.05, 0) is 46.9 Å². The fraction of sp³-hybridized carbons (Fsp3) is 0.600. The lowest BCUT2D eigenvalue weighted by Crippen LogP contribution is -2.35. The topological polar surface area (TPSA) is 47.7 Å². The number of nitrogen functional groups attached to an aromatic ring is 1. The Kier molecular flexibility index (Phi) is 5.77. The molecule has 1 aromatic rings. The molecular formula is C15H25FN2O2. The van der Waals surface area contributed by atoms with Gasteiger partial charge in [-0.1, -0.05) is 0 Å². The lowest BCUT2D eigenvalue weighted by Gasteiger charge is -2.26. The van der Waals surface area contributed by atoms with Gasteiger partial charge >= 0.3 is 0 Å². The van der Waals surface area contributed by atoms with E-state index in [-0.39, 0.29) is 17.5 Å². The number of rotatable bonds is 6. The first-order valence-electron chi connectivity index (χ1n) is 6.71. The van der Waals surface area contributed by atoms with Crippen molar-refractivity contribution in [2.75, 3.05) is 26.1 Å². The van der Waals surface area contributed by atoms with Gasteiger partial charge in [0.05, 0.1) is 12.3 Å². The Labute approximate surface area is 120 Å². The highest BCUT2D eigenvalue weighted by atomic mass is 19.1. The Morgan fingerprint density at radius 3 is 2.60 bits per heavy atom. The van der Waals surface area contributed by atoms with Crippen LogP contribution in [0.3, 0.4) is 0 Å². The number of hydrogen-bond acceptors (Lipinski definition) is 4. The van der Waals surface area contributed by atoms with Gasteiger partial charge in [-0.25, -0.2) is 4.39 Å². The number of benzene rings is 1. The Morgan fingerprint density at radius 1 is 1.35 bits per heavy atom. The molecule has 0 radical (unpaired) electrons. The molecule has 4 nitrogen and oxygen atoms in total. The lowest BCUT2D eigenvalue weighted by molar-refractivity contribution is -0.0619. The molecule has 0 bridgehead atoms. The summed E-state index contributed by atoms with van der Waals surface area (Å²) in [4.78, 5) is 1.99. The number of nitrogens with two attached hydrogens (primary N) is 1. The molecule has 0 spiro atoms. The molecule has 0 aliphatic heterocycles. The smallest absolute Gasteiger partial charge is 0.165 e. The molecule has 0 aromatic heterocycles. The van der Waals surface area contributed by atoms with E-state index in [2.05, 4.69) is 0 Å². The van der Waals surface area contributed by atoms with Crippen molar-refractivity contribution in [3.05, 3.63) is 24.0 Å². The van der Waals surface area contributed by atoms with E-state index >= 15 is 0 Å². The predicted octanol–water partition coefficient (Wildman–Crippen LogP) is 2.88. The number of ether oxygens (including phenoxy) is 2. The van der Waals surface area contributed by atoms with Crippen molar-refractivity contribution in [2.24, 2.45) is 0 Å². The number of hydrogen-bond donors (Lipinski definition) is 1. The molecule has 0 fully saturated rings. The summed E-state index contributed by atoms with van der Waals surface area (Å²) in [7, 11) is 1.93. The molecule has 1 unspecified atom stereocenters. The summed E-state index contributed by atoms with van der Waals surface area (Å²) in [6, 6.07) is 4.32. The van der Waals surface area contributed by atoms with Crippen LogP contribution in [-0.4, -0.2) is 36.9 Å². The van der Waals surface area contributed by atoms with E-state index < -0.39 is 5.82 Å². The molecule has 0 aliphatic carbocycles. The third-order valence-electron chi connectivity index (χ3n) is 2.57. The molecule has 0 aliphatic rings. The molecule has 0 heterocycles. The molecule has 0 saturated carbocycles. The van der Waals surface area contributed by atoms with Gasteiger partial charge < -0.3 is 15.2 Å². The molecule has 1 rings (SSSR count). The van der Waals surface area contributed by atoms with Gasteiger partial charge in [0.25, 0.3) is 0 Å². The molecule has 0 amide bonds. The van der Waals surface area contributed by atoms with Crippen molar-refractivity contribution < 1.29 is 13.9 Å². The van der Waals surface area contributed by atoms with E-state index in [1.54, 1.807) is 0 Å². The maximum absolute atomic E-state index is 13.6. The maximum Gasteiger partial charge on any atom is 0.165 e. The second-order valence-corrected chi connectivity index (χ2v) is 6.04. The fourth-order valence-corrected chi connectivity index (χ4v) is 1.66. The standard InChI is InChI=1S/C15H25FN2O2/c1-11(9-18(5)10-19-15(2,3)4)20-14-8-12(17)6-7-13(14)16/h6-8,11H,9-10,17H2,1-5H3. The van der Waals surface area contributed by atoms with E-state index in [1.807, 2.05) is 39.6 Å². The number of anilines is 1. The van der Waals surface area contributed by atoms with Crippen LogP contribution in [-0.2, 0) is 4.74 Å². The van der Waals surface area contributed by atoms with Crippen LogP contribution in [0.15, 0.2) is 18.2 Å². The highest BCUT2D eigenvalue weighted by molar-refractivity contribution is 5.44. The second kappa shape index (κ2) is 6.90. The highest BCUT2D eigenvalue weighted by Crippen LogP contribution is 2.21. The Balaban J connectivity index is 2.46. The zero-order valence-electron chi connectivity index (χ0n) is 12.9. The average molecular weight is 284 g/mol. The maximum atomic E-state index is 13.6. The second-order valence-electron chi connectivity index (χ2n) is 6.04. The zero-order chi connectivity index (χ0) is 15.3. The summed E-state index contributed by atoms with van der Waals surface area (Å²) in [5, 5.41) is 0. The van der Waals surface area contributed by atoms with Crippen LogP contribution in [0.1, 0.15) is 27.7 Å². The summed E-state index contributed by atoms with van der Waals surface area (Å²) in [5.41, 5.74) is 5.93. The molecule has 20 heavy (non-hydrogen) atoms. The van der Waals surface area contributed by atoms with Crippen LogP contribution in [0.25, 0.3) is 0 Å². The Bertz CT molecular complexity index is 432. The van der Waals surface area contributed by atoms with E-state index in [0.717, 1.165) is 0 Å². The van der Waals surface area contributed by atoms with Crippen LogP contribution in [0.5, 0.6) is 5.75 Å². The SMILES string of the molecule is CC(CN(C)COC(C)(C)C)Oc1cc(N)ccc1F. The van der Waals surface area contributed by atoms with Gasteiger partial charge in [-0.3, -0.25) is 4.90 Å². The van der Waals surface area contributed by atoms with Crippen LogP contribution >= 0.6 is 0 Å². The number of nitrogens with zero attached hydrogens (tertiary/aromatic N) is 1. The molecule has 1 aromatic carbocycles. The van der Waals surface area contributed by atoms with Crippen molar-refractivity contribution in [1.82, 2.24) is 4.90 Å². The van der Waals surface area contributed by atoms with Gasteiger partial charge in [0.2, 0.25) is 0 Å². The quantitative estimate of drug-likeness (QED) is 0.644. The summed E-state index contributed by atoms with van der Waals surface area (Å²) in [6.07, 6.45) is -0.167. The van der Waals surface area contributed by atoms with Crippen molar-refractivity contribution in [1.29, 1.82) is 0 Å². The number of likely N-dealkylation sites (N-methyl/N-ethyl adjacent to an activating group) is 1. The molecule has 114 valence electrons. The largest absolute Gasteiger partial charge is 0.486 e. The van der Waals surface area contributed by atoms with E-state index in [4.69, 9.17) is 15.2 Å². The predicted molar refractivity (Wildman–Crippen MR) is 79.2 cm³/mol. The van der Waals surface area contributed by atoms with Crippen LogP contribution in [0.4, 0.5) is 10.1 Å². The Hall–Kier alpha value is -1.33. The van der Waals surface area contributed by atoms with E-state index in [0.29, 0.717) is 19.0 Å². The minimum atomic E-state index is -0.403. The van der Waals surface area contributed by atoms with Crippen LogP contribution < -0.4 is 10.5 Å². The molecule has 1 atom stereocenters. The first-order valence-corrected chi connectivity index (χ1v) is 6.71. The molecule has 2 N–H and O–H groups in total. The zero-order valence-corrected chi connectivity index (χ0v) is 12.9. The summed E-state index contributed by atoms with van der Waals surface area (Å²) >= 11 is 0. The van der Waals surface area contributed by atoms with Crippen LogP contribution in [0.2, 0.25) is 0 Å². The molecule has 0 saturated heterocycles. The van der Waals surface area contributed by atoms with Gasteiger partial charge in [0.1, 0.15) is 6.10 Å². The van der Waals surface area contributed by atoms with Crippen molar-refractivity contribution in [3.8, 4) is 5.75 Å². The summed E-state index contributed by atoms with van der Waals surface area (Å²) in [5.74, 6) is -0.220. The van der Waals surface area contributed by atoms with Crippen molar-refractivity contribution in [2.45, 2.75) is 39.4 Å². The monoisotopic (exact) mass is 284 g/mol. The van der Waals surface area contributed by atoms with Crippen molar-refractivity contribution >= 4 is 5.69 Å². The molecular weight excluding hydrogens is 259 g/mol. The normalized spacial score (nSPS) is 13.6. The van der Waals surface area contributed by atoms with Gasteiger partial charge in [-0.15, -0.1) is 0 Å². The highest BCUT2D eigenvalue weighted by Gasteiger charge is 2.14. The van der Waals surface area contributed by atoms with Gasteiger partial charge in [-0.2, -0.15) is 0 Å². The third kappa shape index (κ3) is 6.21. The van der Waals surface area contributed by atoms with E-state index in [1.165, 1.54) is 18.2 Å². The van der Waals surface area contributed by atoms with Gasteiger partial charge in [0, 0.05) is 18.3 Å². The summed E-state index contributed by atoms with van der Waals surface area (Å²) in [6.45, 7) is 9.02. The van der Waals surface area contributed by atoms with Crippen molar-refractivity contribution in [3.63, 3.8) is 0 Å². The number of halogens is 1. The first kappa shape index (κ1) is 16.7. The van der Waals surface area contributed by atoms with Crippen LogP contribution in [0, 0.1) is 5.82 Å². The Morgan fingerprint density at radius 2 is 2.00 bits per heavy atom. The van der Waals surface area contributed by atoms with Gasteiger partial charge in [0.15, 0.2) is 11.6 Å². The third-order valence-corrected chi connectivity index (χ3v) is 2.57. The minimum Gasteiger partial charge on any atom is -0.486 e. The summed E-state index contributed by atoms with van der Waals surface area (Å²) < 4.78 is 24.8. The molecule has 5 heteroatoms. The lowest BCUT2D eigenvalue weighted by atomic mass is 10.2. The average Bonchev–Trinajstić information content (AvgIpc) is 2.30. The van der Waals surface area contributed by atoms with E-state index in [9.17, 15) is 4.39 Å². The minimum absolute atomic E-state index is 0.167. The first-order chi connectivity index (χ1) is 9.17.